The Balaban J connectivity index is 2.01. The molecule has 0 bridgehead atoms. The van der Waals surface area contributed by atoms with Gasteiger partial charge in [-0.2, -0.15) is 0 Å². The lowest BCUT2D eigenvalue weighted by Gasteiger charge is -2.19. The molecule has 0 atom stereocenters. The second kappa shape index (κ2) is 7.82. The summed E-state index contributed by atoms with van der Waals surface area (Å²) in [4.78, 5) is 11.4. The average Bonchev–Trinajstić information content (AvgIpc) is 2.32. The molecule has 0 unspecified atom stereocenters. The van der Waals surface area contributed by atoms with Gasteiger partial charge in [-0.3, -0.25) is 0 Å². The zero-order chi connectivity index (χ0) is 14.1. The van der Waals surface area contributed by atoms with E-state index in [1.54, 1.807) is 0 Å². The van der Waals surface area contributed by atoms with E-state index in [1.807, 2.05) is 26.8 Å². The second-order valence-electron chi connectivity index (χ2n) is 5.72. The summed E-state index contributed by atoms with van der Waals surface area (Å²) < 4.78 is 5.16. The maximum Gasteiger partial charge on any atom is 0.407 e. The zero-order valence-corrected chi connectivity index (χ0v) is 12.2. The Hall–Kier alpha value is -1.51. The molecule has 3 nitrogen and oxygen atoms in total. The lowest BCUT2D eigenvalue weighted by Crippen LogP contribution is -2.32. The third-order valence-corrected chi connectivity index (χ3v) is 2.65. The number of carbonyl (C=O) groups is 1. The van der Waals surface area contributed by atoms with Gasteiger partial charge in [0.25, 0.3) is 0 Å². The monoisotopic (exact) mass is 263 g/mol. The van der Waals surface area contributed by atoms with Crippen LogP contribution in [0.15, 0.2) is 30.3 Å². The molecule has 1 amide bonds. The minimum absolute atomic E-state index is 0.324. The molecule has 0 aliphatic carbocycles. The van der Waals surface area contributed by atoms with Crippen LogP contribution < -0.4 is 5.32 Å². The highest BCUT2D eigenvalue weighted by Gasteiger charge is 2.15. The van der Waals surface area contributed by atoms with Gasteiger partial charge in [0.1, 0.15) is 5.60 Å². The van der Waals surface area contributed by atoms with Crippen molar-refractivity contribution in [2.45, 2.75) is 52.1 Å². The molecule has 1 aromatic rings. The summed E-state index contributed by atoms with van der Waals surface area (Å²) in [6.45, 7) is 6.29. The molecule has 0 radical (unpaired) electrons. The first kappa shape index (κ1) is 15.5. The fourth-order valence-corrected chi connectivity index (χ4v) is 1.78. The lowest BCUT2D eigenvalue weighted by atomic mass is 10.1. The molecule has 1 aromatic carbocycles. The van der Waals surface area contributed by atoms with Crippen LogP contribution in [0.25, 0.3) is 0 Å². The van der Waals surface area contributed by atoms with Crippen molar-refractivity contribution in [3.63, 3.8) is 0 Å². The molecule has 1 rings (SSSR count). The largest absolute Gasteiger partial charge is 0.444 e. The quantitative estimate of drug-likeness (QED) is 0.790. The van der Waals surface area contributed by atoms with Crippen molar-refractivity contribution in [3.8, 4) is 0 Å². The first-order valence-electron chi connectivity index (χ1n) is 6.98. The summed E-state index contributed by atoms with van der Waals surface area (Å²) in [5.74, 6) is 0. The molecule has 0 aromatic heterocycles. The van der Waals surface area contributed by atoms with Gasteiger partial charge in [0.05, 0.1) is 0 Å². The van der Waals surface area contributed by atoms with Gasteiger partial charge in [-0.25, -0.2) is 4.79 Å². The number of rotatable bonds is 6. The number of carbonyl (C=O) groups excluding carboxylic acids is 1. The van der Waals surface area contributed by atoms with Gasteiger partial charge in [0, 0.05) is 6.54 Å². The van der Waals surface area contributed by atoms with Gasteiger partial charge in [-0.05, 0) is 45.6 Å². The molecule has 0 spiro atoms. The Morgan fingerprint density at radius 1 is 1.11 bits per heavy atom. The van der Waals surface area contributed by atoms with E-state index in [0.717, 1.165) is 25.7 Å². The summed E-state index contributed by atoms with van der Waals surface area (Å²) in [5.41, 5.74) is 0.958. The van der Waals surface area contributed by atoms with E-state index in [0.29, 0.717) is 6.54 Å². The highest BCUT2D eigenvalue weighted by Crippen LogP contribution is 2.07. The predicted molar refractivity (Wildman–Crippen MR) is 78.2 cm³/mol. The molecule has 106 valence electrons. The maximum absolute atomic E-state index is 11.4. The summed E-state index contributed by atoms with van der Waals surface area (Å²) in [7, 11) is 0. The third kappa shape index (κ3) is 8.25. The standard InChI is InChI=1S/C16H25NO2/c1-16(2,3)19-15(18)17-13-9-5-8-12-14-10-6-4-7-11-14/h4,6-7,10-11H,5,8-9,12-13H2,1-3H3,(H,17,18). The van der Waals surface area contributed by atoms with Crippen LogP contribution in [-0.4, -0.2) is 18.2 Å². The number of benzene rings is 1. The number of hydrogen-bond acceptors (Lipinski definition) is 2. The van der Waals surface area contributed by atoms with Crippen LogP contribution in [-0.2, 0) is 11.2 Å². The summed E-state index contributed by atoms with van der Waals surface area (Å²) in [6.07, 6.45) is 4.04. The zero-order valence-electron chi connectivity index (χ0n) is 12.2. The van der Waals surface area contributed by atoms with E-state index < -0.39 is 5.60 Å². The molecule has 19 heavy (non-hydrogen) atoms. The molecular weight excluding hydrogens is 238 g/mol. The number of ether oxygens (including phenoxy) is 1. The molecule has 0 heterocycles. The summed E-state index contributed by atoms with van der Waals surface area (Å²) in [5, 5.41) is 2.78. The van der Waals surface area contributed by atoms with Crippen molar-refractivity contribution in [2.75, 3.05) is 6.54 Å². The Kier molecular flexibility index (Phi) is 6.40. The fraction of sp³-hybridized carbons (Fsp3) is 0.562. The molecule has 0 aliphatic rings. The Morgan fingerprint density at radius 3 is 2.42 bits per heavy atom. The molecule has 1 N–H and O–H groups in total. The summed E-state index contributed by atoms with van der Waals surface area (Å²) >= 11 is 0. The average molecular weight is 263 g/mol. The smallest absolute Gasteiger partial charge is 0.407 e. The third-order valence-electron chi connectivity index (χ3n) is 2.65. The van der Waals surface area contributed by atoms with Gasteiger partial charge in [-0.15, -0.1) is 0 Å². The predicted octanol–water partition coefficient (Wildman–Crippen LogP) is 3.92. The topological polar surface area (TPSA) is 38.3 Å². The van der Waals surface area contributed by atoms with Crippen molar-refractivity contribution < 1.29 is 9.53 Å². The Bertz CT molecular complexity index is 368. The maximum atomic E-state index is 11.4. The normalized spacial score (nSPS) is 11.1. The molecule has 0 saturated carbocycles. The minimum atomic E-state index is -0.419. The van der Waals surface area contributed by atoms with E-state index >= 15 is 0 Å². The van der Waals surface area contributed by atoms with E-state index in [2.05, 4.69) is 29.6 Å². The van der Waals surface area contributed by atoms with Gasteiger partial charge < -0.3 is 10.1 Å². The molecular formula is C16H25NO2. The fourth-order valence-electron chi connectivity index (χ4n) is 1.78. The van der Waals surface area contributed by atoms with Crippen molar-refractivity contribution in [1.29, 1.82) is 0 Å². The van der Waals surface area contributed by atoms with Crippen LogP contribution in [0.1, 0.15) is 45.6 Å². The van der Waals surface area contributed by atoms with E-state index in [4.69, 9.17) is 4.74 Å². The van der Waals surface area contributed by atoms with Gasteiger partial charge in [0.15, 0.2) is 0 Å². The Labute approximate surface area is 116 Å². The van der Waals surface area contributed by atoms with E-state index in [-0.39, 0.29) is 6.09 Å². The molecule has 0 fully saturated rings. The van der Waals surface area contributed by atoms with Crippen molar-refractivity contribution in [3.05, 3.63) is 35.9 Å². The minimum Gasteiger partial charge on any atom is -0.444 e. The van der Waals surface area contributed by atoms with Crippen molar-refractivity contribution >= 4 is 6.09 Å². The highest BCUT2D eigenvalue weighted by molar-refractivity contribution is 5.67. The van der Waals surface area contributed by atoms with Crippen LogP contribution >= 0.6 is 0 Å². The van der Waals surface area contributed by atoms with Gasteiger partial charge >= 0.3 is 6.09 Å². The first-order chi connectivity index (χ1) is 8.97. The lowest BCUT2D eigenvalue weighted by molar-refractivity contribution is 0.0527. The number of nitrogens with one attached hydrogen (secondary N) is 1. The Morgan fingerprint density at radius 2 is 1.79 bits per heavy atom. The number of aryl methyl sites for hydroxylation is 1. The number of unbranched alkanes of at least 4 members (excludes halogenated alkanes) is 2. The molecule has 0 saturated heterocycles. The van der Waals surface area contributed by atoms with Crippen LogP contribution in [0.4, 0.5) is 4.79 Å². The van der Waals surface area contributed by atoms with Gasteiger partial charge in [-0.1, -0.05) is 36.8 Å². The number of hydrogen-bond donors (Lipinski definition) is 1. The van der Waals surface area contributed by atoms with Crippen molar-refractivity contribution in [1.82, 2.24) is 5.32 Å². The molecule has 0 aliphatic heterocycles. The number of alkyl carbamates (subject to hydrolysis) is 1. The van der Waals surface area contributed by atoms with Crippen LogP contribution in [0.3, 0.4) is 0 Å². The van der Waals surface area contributed by atoms with E-state index in [9.17, 15) is 4.79 Å². The number of amides is 1. The van der Waals surface area contributed by atoms with Crippen LogP contribution in [0.5, 0.6) is 0 Å². The molecule has 3 heteroatoms. The first-order valence-corrected chi connectivity index (χ1v) is 6.98. The highest BCUT2D eigenvalue weighted by atomic mass is 16.6. The second-order valence-corrected chi connectivity index (χ2v) is 5.72. The van der Waals surface area contributed by atoms with Crippen LogP contribution in [0, 0.1) is 0 Å². The van der Waals surface area contributed by atoms with Crippen LogP contribution in [0.2, 0.25) is 0 Å². The van der Waals surface area contributed by atoms with Gasteiger partial charge in [0.2, 0.25) is 0 Å². The van der Waals surface area contributed by atoms with Crippen molar-refractivity contribution in [2.24, 2.45) is 0 Å². The SMILES string of the molecule is CC(C)(C)OC(=O)NCCCCCc1ccccc1. The summed E-state index contributed by atoms with van der Waals surface area (Å²) in [6, 6.07) is 10.5. The van der Waals surface area contributed by atoms with E-state index in [1.165, 1.54) is 5.56 Å².